The van der Waals surface area contributed by atoms with E-state index in [0.29, 0.717) is 50.8 Å². The van der Waals surface area contributed by atoms with Gasteiger partial charge in [-0.15, -0.1) is 0 Å². The maximum atomic E-state index is 13.1. The lowest BCUT2D eigenvalue weighted by molar-refractivity contribution is 0.0746. The second-order valence-corrected chi connectivity index (χ2v) is 9.56. The molecule has 3 aromatic rings. The lowest BCUT2D eigenvalue weighted by atomic mass is 10.2. The first-order valence-corrected chi connectivity index (χ1v) is 12.4. The van der Waals surface area contributed by atoms with Crippen LogP contribution in [-0.2, 0) is 10.0 Å². The molecule has 0 radical (unpaired) electrons. The van der Waals surface area contributed by atoms with Crippen LogP contribution in [0, 0.1) is 0 Å². The topological polar surface area (TPSA) is 105 Å². The number of nitrogens with zero attached hydrogens (tertiary/aromatic N) is 7. The summed E-state index contributed by atoms with van der Waals surface area (Å²) in [6.45, 7) is 6.43. The fourth-order valence-electron chi connectivity index (χ4n) is 3.91. The van der Waals surface area contributed by atoms with Gasteiger partial charge in [0.15, 0.2) is 0 Å². The van der Waals surface area contributed by atoms with Gasteiger partial charge < -0.3 is 9.80 Å². The molecular weight excluding hydrogens is 442 g/mol. The van der Waals surface area contributed by atoms with Crippen molar-refractivity contribution in [2.24, 2.45) is 0 Å². The summed E-state index contributed by atoms with van der Waals surface area (Å²) in [4.78, 5) is 17.0. The molecule has 174 valence electrons. The van der Waals surface area contributed by atoms with Crippen LogP contribution >= 0.6 is 0 Å². The molecule has 0 aliphatic carbocycles. The first-order chi connectivity index (χ1) is 16.0. The van der Waals surface area contributed by atoms with E-state index in [-0.39, 0.29) is 10.8 Å². The second kappa shape index (κ2) is 9.67. The number of piperazine rings is 1. The highest BCUT2D eigenvalue weighted by Crippen LogP contribution is 2.20. The predicted molar refractivity (Wildman–Crippen MR) is 124 cm³/mol. The predicted octanol–water partition coefficient (Wildman–Crippen LogP) is 1.66. The van der Waals surface area contributed by atoms with Gasteiger partial charge in [0, 0.05) is 44.8 Å². The largest absolute Gasteiger partial charge is 0.336 e. The zero-order chi connectivity index (χ0) is 23.4. The molecule has 0 bridgehead atoms. The highest BCUT2D eigenvalue weighted by molar-refractivity contribution is 7.89. The van der Waals surface area contributed by atoms with Gasteiger partial charge in [0.1, 0.15) is 0 Å². The average Bonchev–Trinajstić information content (AvgIpc) is 3.35. The van der Waals surface area contributed by atoms with Crippen molar-refractivity contribution in [3.05, 3.63) is 60.2 Å². The highest BCUT2D eigenvalue weighted by Gasteiger charge is 2.27. The number of sulfonamides is 1. The molecule has 0 N–H and O–H groups in total. The van der Waals surface area contributed by atoms with Gasteiger partial charge in [-0.2, -0.15) is 8.99 Å². The molecule has 11 heteroatoms. The third-order valence-corrected chi connectivity index (χ3v) is 7.77. The molecule has 33 heavy (non-hydrogen) atoms. The van der Waals surface area contributed by atoms with Gasteiger partial charge in [0.25, 0.3) is 5.91 Å². The number of anilines is 1. The van der Waals surface area contributed by atoms with Crippen molar-refractivity contribution >= 4 is 21.9 Å². The average molecular weight is 470 g/mol. The Labute approximate surface area is 193 Å². The summed E-state index contributed by atoms with van der Waals surface area (Å²) in [6.07, 6.45) is 0. The minimum atomic E-state index is -3.63. The Morgan fingerprint density at radius 3 is 2.33 bits per heavy atom. The molecule has 0 saturated carbocycles. The zero-order valence-corrected chi connectivity index (χ0v) is 19.5. The molecule has 2 heterocycles. The first-order valence-electron chi connectivity index (χ1n) is 10.9. The molecule has 0 unspecified atom stereocenters. The van der Waals surface area contributed by atoms with Gasteiger partial charge in [-0.05, 0) is 40.8 Å². The Morgan fingerprint density at radius 1 is 0.970 bits per heavy atom. The van der Waals surface area contributed by atoms with Crippen LogP contribution in [0.3, 0.4) is 0 Å². The van der Waals surface area contributed by atoms with Gasteiger partial charge in [0.05, 0.1) is 10.6 Å². The summed E-state index contributed by atoms with van der Waals surface area (Å²) in [5, 5.41) is 12.1. The number of carbonyl (C=O) groups excluding carboxylic acids is 1. The van der Waals surface area contributed by atoms with E-state index < -0.39 is 10.0 Å². The molecule has 4 rings (SSSR count). The number of hydrogen-bond acceptors (Lipinski definition) is 7. The Kier molecular flexibility index (Phi) is 6.70. The SMILES string of the molecule is CCN(CC)S(=O)(=O)c1cccc(C(=O)N2CCN(c3nnnn3-c3ccccc3)CC2)c1. The number of para-hydroxylation sites is 1. The van der Waals surface area contributed by atoms with Crippen LogP contribution in [-0.4, -0.2) is 83.0 Å². The minimum absolute atomic E-state index is 0.137. The Bertz CT molecular complexity index is 1200. The molecule has 1 aliphatic rings. The van der Waals surface area contributed by atoms with Crippen molar-refractivity contribution in [3.8, 4) is 5.69 Å². The molecule has 1 aromatic heterocycles. The van der Waals surface area contributed by atoms with E-state index in [1.165, 1.54) is 16.4 Å². The fraction of sp³-hybridized carbons (Fsp3) is 0.364. The van der Waals surface area contributed by atoms with Gasteiger partial charge >= 0.3 is 0 Å². The van der Waals surface area contributed by atoms with E-state index in [9.17, 15) is 13.2 Å². The number of aromatic nitrogens is 4. The third-order valence-electron chi connectivity index (χ3n) is 5.73. The standard InChI is InChI=1S/C22H27N7O3S/c1-3-28(4-2)33(31,32)20-12-8-9-18(17-20)21(30)26-13-15-27(16-14-26)22-23-24-25-29(22)19-10-6-5-7-11-19/h5-12,17H,3-4,13-16H2,1-2H3. The number of hydrogen-bond donors (Lipinski definition) is 0. The lowest BCUT2D eigenvalue weighted by Gasteiger charge is -2.34. The van der Waals surface area contributed by atoms with Crippen LogP contribution in [0.25, 0.3) is 5.69 Å². The van der Waals surface area contributed by atoms with Gasteiger partial charge in [0.2, 0.25) is 16.0 Å². The zero-order valence-electron chi connectivity index (χ0n) is 18.7. The first kappa shape index (κ1) is 22.9. The summed E-state index contributed by atoms with van der Waals surface area (Å²) in [5.74, 6) is 0.439. The molecule has 2 aromatic carbocycles. The lowest BCUT2D eigenvalue weighted by Crippen LogP contribution is -2.49. The number of amides is 1. The van der Waals surface area contributed by atoms with Crippen molar-refractivity contribution in [1.29, 1.82) is 0 Å². The summed E-state index contributed by atoms with van der Waals surface area (Å²) >= 11 is 0. The molecule has 1 fully saturated rings. The van der Waals surface area contributed by atoms with Crippen molar-refractivity contribution < 1.29 is 13.2 Å². The molecule has 1 amide bonds. The quantitative estimate of drug-likeness (QED) is 0.518. The van der Waals surface area contributed by atoms with Crippen LogP contribution < -0.4 is 4.90 Å². The summed E-state index contributed by atoms with van der Waals surface area (Å²) in [7, 11) is -3.63. The summed E-state index contributed by atoms with van der Waals surface area (Å²) in [6, 6.07) is 15.9. The van der Waals surface area contributed by atoms with Crippen molar-refractivity contribution in [2.75, 3.05) is 44.2 Å². The maximum Gasteiger partial charge on any atom is 0.254 e. The van der Waals surface area contributed by atoms with Crippen LogP contribution in [0.15, 0.2) is 59.5 Å². The molecule has 0 spiro atoms. The minimum Gasteiger partial charge on any atom is -0.336 e. The number of carbonyl (C=O) groups is 1. The molecule has 0 atom stereocenters. The number of benzene rings is 2. The van der Waals surface area contributed by atoms with Crippen molar-refractivity contribution in [1.82, 2.24) is 29.4 Å². The van der Waals surface area contributed by atoms with E-state index >= 15 is 0 Å². The van der Waals surface area contributed by atoms with Gasteiger partial charge in [-0.3, -0.25) is 4.79 Å². The summed E-state index contributed by atoms with van der Waals surface area (Å²) in [5.41, 5.74) is 1.23. The van der Waals surface area contributed by atoms with Crippen molar-refractivity contribution in [2.45, 2.75) is 18.7 Å². The van der Waals surface area contributed by atoms with E-state index in [2.05, 4.69) is 15.5 Å². The Morgan fingerprint density at radius 2 is 1.67 bits per heavy atom. The van der Waals surface area contributed by atoms with E-state index in [1.807, 2.05) is 35.2 Å². The van der Waals surface area contributed by atoms with E-state index in [1.54, 1.807) is 35.6 Å². The van der Waals surface area contributed by atoms with Crippen LogP contribution in [0.4, 0.5) is 5.95 Å². The second-order valence-electron chi connectivity index (χ2n) is 7.62. The molecule has 1 aliphatic heterocycles. The molecule has 10 nitrogen and oxygen atoms in total. The monoisotopic (exact) mass is 469 g/mol. The van der Waals surface area contributed by atoms with Crippen LogP contribution in [0.2, 0.25) is 0 Å². The number of tetrazole rings is 1. The van der Waals surface area contributed by atoms with Crippen molar-refractivity contribution in [3.63, 3.8) is 0 Å². The maximum absolute atomic E-state index is 13.1. The third kappa shape index (κ3) is 4.60. The smallest absolute Gasteiger partial charge is 0.254 e. The highest BCUT2D eigenvalue weighted by atomic mass is 32.2. The van der Waals surface area contributed by atoms with Crippen LogP contribution in [0.1, 0.15) is 24.2 Å². The van der Waals surface area contributed by atoms with Crippen LogP contribution in [0.5, 0.6) is 0 Å². The normalized spacial score (nSPS) is 14.6. The molecule has 1 saturated heterocycles. The Balaban J connectivity index is 1.47. The van der Waals surface area contributed by atoms with E-state index in [0.717, 1.165) is 5.69 Å². The number of rotatable bonds is 7. The van der Waals surface area contributed by atoms with E-state index in [4.69, 9.17) is 0 Å². The van der Waals surface area contributed by atoms with Gasteiger partial charge in [-0.1, -0.05) is 43.2 Å². The Hall–Kier alpha value is -3.31. The molecular formula is C22H27N7O3S. The summed E-state index contributed by atoms with van der Waals surface area (Å²) < 4.78 is 28.7. The van der Waals surface area contributed by atoms with Gasteiger partial charge in [-0.25, -0.2) is 8.42 Å². The fourth-order valence-corrected chi connectivity index (χ4v) is 5.41.